The van der Waals surface area contributed by atoms with E-state index in [0.717, 1.165) is 28.5 Å². The monoisotopic (exact) mass is 385 g/mol. The van der Waals surface area contributed by atoms with Crippen molar-refractivity contribution in [3.05, 3.63) is 17.0 Å². The highest BCUT2D eigenvalue weighted by Gasteiger charge is 2.12. The second-order valence-corrected chi connectivity index (χ2v) is 6.69. The van der Waals surface area contributed by atoms with Gasteiger partial charge in [0.1, 0.15) is 0 Å². The van der Waals surface area contributed by atoms with Gasteiger partial charge in [0.05, 0.1) is 0 Å². The summed E-state index contributed by atoms with van der Waals surface area (Å²) in [4.78, 5) is 21.0. The highest BCUT2D eigenvalue weighted by Crippen LogP contribution is 2.17. The number of aryl methyl sites for hydroxylation is 2. The van der Waals surface area contributed by atoms with Gasteiger partial charge in [-0.25, -0.2) is 9.97 Å². The SMILES string of the molecule is COCCCNC(=S)N(C)NC(=O)CCc1c(C)nc(SC)nc1C. The lowest BCUT2D eigenvalue weighted by molar-refractivity contribution is -0.123. The van der Waals surface area contributed by atoms with Gasteiger partial charge >= 0.3 is 0 Å². The van der Waals surface area contributed by atoms with Crippen molar-refractivity contribution >= 4 is 35.0 Å². The van der Waals surface area contributed by atoms with Gasteiger partial charge in [-0.2, -0.15) is 0 Å². The Morgan fingerprint density at radius 3 is 2.52 bits per heavy atom. The smallest absolute Gasteiger partial charge is 0.238 e. The Balaban J connectivity index is 2.45. The molecule has 0 radical (unpaired) electrons. The normalized spacial score (nSPS) is 10.4. The summed E-state index contributed by atoms with van der Waals surface area (Å²) in [5, 5.41) is 5.83. The molecule has 0 aromatic carbocycles. The summed E-state index contributed by atoms with van der Waals surface area (Å²) in [5.74, 6) is -0.101. The fraction of sp³-hybridized carbons (Fsp3) is 0.625. The van der Waals surface area contributed by atoms with E-state index in [1.54, 1.807) is 14.2 Å². The zero-order valence-corrected chi connectivity index (χ0v) is 17.1. The summed E-state index contributed by atoms with van der Waals surface area (Å²) >= 11 is 6.74. The molecule has 1 heterocycles. The molecule has 0 aliphatic carbocycles. The highest BCUT2D eigenvalue weighted by atomic mass is 32.2. The average Bonchev–Trinajstić information content (AvgIpc) is 2.57. The number of thioether (sulfide) groups is 1. The number of thiocarbonyl (C=S) groups is 1. The first-order chi connectivity index (χ1) is 11.9. The number of hydrogen-bond donors (Lipinski definition) is 2. The number of nitrogens with one attached hydrogen (secondary N) is 2. The Morgan fingerprint density at radius 1 is 1.32 bits per heavy atom. The van der Waals surface area contributed by atoms with Crippen molar-refractivity contribution in [3.63, 3.8) is 0 Å². The lowest BCUT2D eigenvalue weighted by Gasteiger charge is -2.21. The molecule has 1 aromatic heterocycles. The minimum absolute atomic E-state index is 0.101. The van der Waals surface area contributed by atoms with E-state index in [2.05, 4.69) is 20.7 Å². The standard InChI is InChI=1S/C16H27N5O2S2/c1-11-13(12(2)19-15(18-11)25-5)7-8-14(22)20-21(3)16(24)17-9-6-10-23-4/h6-10H2,1-5H3,(H,17,24)(H,20,22). The quantitative estimate of drug-likeness (QED) is 0.230. The minimum atomic E-state index is -0.101. The van der Waals surface area contributed by atoms with Gasteiger partial charge in [-0.05, 0) is 50.7 Å². The summed E-state index contributed by atoms with van der Waals surface area (Å²) in [6.45, 7) is 5.27. The van der Waals surface area contributed by atoms with E-state index in [1.165, 1.54) is 16.8 Å². The number of ether oxygens (including phenoxy) is 1. The van der Waals surface area contributed by atoms with Crippen molar-refractivity contribution in [3.8, 4) is 0 Å². The van der Waals surface area contributed by atoms with E-state index in [4.69, 9.17) is 17.0 Å². The van der Waals surface area contributed by atoms with Gasteiger partial charge < -0.3 is 10.1 Å². The van der Waals surface area contributed by atoms with E-state index < -0.39 is 0 Å². The van der Waals surface area contributed by atoms with E-state index in [1.807, 2.05) is 20.1 Å². The Labute approximate surface area is 159 Å². The van der Waals surface area contributed by atoms with Crippen LogP contribution in [0.1, 0.15) is 29.8 Å². The third-order valence-electron chi connectivity index (χ3n) is 3.58. The van der Waals surface area contributed by atoms with Crippen LogP contribution in [0.3, 0.4) is 0 Å². The van der Waals surface area contributed by atoms with Crippen LogP contribution < -0.4 is 10.7 Å². The molecular weight excluding hydrogens is 358 g/mol. The van der Waals surface area contributed by atoms with Crippen molar-refractivity contribution in [1.82, 2.24) is 25.7 Å². The van der Waals surface area contributed by atoms with Crippen LogP contribution in [0.15, 0.2) is 5.16 Å². The van der Waals surface area contributed by atoms with E-state index in [0.29, 0.717) is 31.1 Å². The number of hydrazine groups is 1. The predicted octanol–water partition coefficient (Wildman–Crippen LogP) is 1.62. The Bertz CT molecular complexity index is 575. The lowest BCUT2D eigenvalue weighted by atomic mass is 10.1. The van der Waals surface area contributed by atoms with Crippen LogP contribution in [0.2, 0.25) is 0 Å². The molecule has 0 fully saturated rings. The van der Waals surface area contributed by atoms with Gasteiger partial charge in [0, 0.05) is 45.1 Å². The first-order valence-electron chi connectivity index (χ1n) is 8.07. The second kappa shape index (κ2) is 11.2. The molecule has 7 nitrogen and oxygen atoms in total. The van der Waals surface area contributed by atoms with E-state index >= 15 is 0 Å². The number of rotatable bonds is 8. The molecule has 0 bridgehead atoms. The molecule has 9 heteroatoms. The van der Waals surface area contributed by atoms with Gasteiger partial charge in [-0.1, -0.05) is 11.8 Å². The molecule has 1 rings (SSSR count). The summed E-state index contributed by atoms with van der Waals surface area (Å²) in [6.07, 6.45) is 3.74. The Morgan fingerprint density at radius 2 is 1.96 bits per heavy atom. The fourth-order valence-corrected chi connectivity index (χ4v) is 2.83. The summed E-state index contributed by atoms with van der Waals surface area (Å²) < 4.78 is 4.98. The third kappa shape index (κ3) is 7.54. The van der Waals surface area contributed by atoms with Crippen LogP contribution in [-0.2, 0) is 16.0 Å². The maximum atomic E-state index is 12.1. The van der Waals surface area contributed by atoms with Gasteiger partial charge in [0.2, 0.25) is 5.91 Å². The molecule has 0 atom stereocenters. The molecule has 0 saturated carbocycles. The summed E-state index contributed by atoms with van der Waals surface area (Å²) in [6, 6.07) is 0. The van der Waals surface area contributed by atoms with Crippen LogP contribution in [0.25, 0.3) is 0 Å². The maximum Gasteiger partial charge on any atom is 0.238 e. The number of methoxy groups -OCH3 is 1. The van der Waals surface area contributed by atoms with Gasteiger partial charge in [0.25, 0.3) is 0 Å². The average molecular weight is 386 g/mol. The molecule has 1 aromatic rings. The van der Waals surface area contributed by atoms with Gasteiger partial charge in [0.15, 0.2) is 10.3 Å². The second-order valence-electron chi connectivity index (χ2n) is 5.53. The van der Waals surface area contributed by atoms with Crippen LogP contribution in [0, 0.1) is 13.8 Å². The largest absolute Gasteiger partial charge is 0.385 e. The zero-order chi connectivity index (χ0) is 18.8. The van der Waals surface area contributed by atoms with Crippen molar-refractivity contribution < 1.29 is 9.53 Å². The molecular formula is C16H27N5O2S2. The van der Waals surface area contributed by atoms with E-state index in [9.17, 15) is 4.79 Å². The van der Waals surface area contributed by atoms with Crippen LogP contribution >= 0.6 is 24.0 Å². The first-order valence-corrected chi connectivity index (χ1v) is 9.70. The molecule has 0 aliphatic heterocycles. The van der Waals surface area contributed by atoms with Gasteiger partial charge in [-0.3, -0.25) is 15.2 Å². The minimum Gasteiger partial charge on any atom is -0.385 e. The molecule has 140 valence electrons. The number of nitrogens with zero attached hydrogens (tertiary/aromatic N) is 3. The van der Waals surface area contributed by atoms with Crippen molar-refractivity contribution in [2.75, 3.05) is 33.6 Å². The number of carbonyl (C=O) groups is 1. The number of hydrogen-bond acceptors (Lipinski definition) is 6. The predicted molar refractivity (Wildman–Crippen MR) is 105 cm³/mol. The van der Waals surface area contributed by atoms with Crippen LogP contribution in [-0.4, -0.2) is 59.6 Å². The van der Waals surface area contributed by atoms with E-state index in [-0.39, 0.29) is 5.91 Å². The van der Waals surface area contributed by atoms with Crippen LogP contribution in [0.4, 0.5) is 0 Å². The Hall–Kier alpha value is -1.45. The molecule has 0 aliphatic rings. The van der Waals surface area contributed by atoms with Crippen molar-refractivity contribution in [2.24, 2.45) is 0 Å². The molecule has 25 heavy (non-hydrogen) atoms. The number of aromatic nitrogens is 2. The van der Waals surface area contributed by atoms with Crippen LogP contribution in [0.5, 0.6) is 0 Å². The molecule has 0 saturated heterocycles. The molecule has 1 amide bonds. The Kier molecular flexibility index (Phi) is 9.69. The number of amides is 1. The summed E-state index contributed by atoms with van der Waals surface area (Å²) in [7, 11) is 3.38. The number of carbonyl (C=O) groups excluding carboxylic acids is 1. The molecule has 2 N–H and O–H groups in total. The zero-order valence-electron chi connectivity index (χ0n) is 15.5. The van der Waals surface area contributed by atoms with Crippen molar-refractivity contribution in [1.29, 1.82) is 0 Å². The highest BCUT2D eigenvalue weighted by molar-refractivity contribution is 7.98. The fourth-order valence-electron chi connectivity index (χ4n) is 2.22. The lowest BCUT2D eigenvalue weighted by Crippen LogP contribution is -2.48. The first kappa shape index (κ1) is 21.6. The molecule has 0 spiro atoms. The van der Waals surface area contributed by atoms with Crippen molar-refractivity contribution in [2.45, 2.75) is 38.3 Å². The van der Waals surface area contributed by atoms with Gasteiger partial charge in [-0.15, -0.1) is 0 Å². The topological polar surface area (TPSA) is 79.4 Å². The molecule has 0 unspecified atom stereocenters. The maximum absolute atomic E-state index is 12.1. The summed E-state index contributed by atoms with van der Waals surface area (Å²) in [5.41, 5.74) is 5.64. The third-order valence-corrected chi connectivity index (χ3v) is 4.55.